The molecule has 268 valence electrons. The number of sulfone groups is 2. The van der Waals surface area contributed by atoms with E-state index in [9.17, 15) is 21.9 Å². The molecular weight excluding hydrogens is 689 g/mol. The molecule has 6 aromatic rings. The Morgan fingerprint density at radius 3 is 1.02 bits per heavy atom. The van der Waals surface area contributed by atoms with E-state index in [2.05, 4.69) is 41.5 Å². The predicted octanol–water partition coefficient (Wildman–Crippen LogP) is 11.1. The Bertz CT molecular complexity index is 2300. The SMILES string of the molecule is CC(C)(C)c1ccc(S(=O)(=O)c2ccc(-c3ccc(S(=O)(=O)c4ccc(Oc5ccc(-c6ccc(O)cc6)cc5)cc4)cc3)cc2)cc1.CC(C)C. The smallest absolute Gasteiger partial charge is 0.206 e. The van der Waals surface area contributed by atoms with E-state index in [1.807, 2.05) is 48.5 Å². The van der Waals surface area contributed by atoms with Crippen molar-refractivity contribution in [3.05, 3.63) is 151 Å². The van der Waals surface area contributed by atoms with Gasteiger partial charge in [-0.15, -0.1) is 0 Å². The van der Waals surface area contributed by atoms with Gasteiger partial charge in [-0.25, -0.2) is 16.8 Å². The van der Waals surface area contributed by atoms with E-state index in [4.69, 9.17) is 4.74 Å². The van der Waals surface area contributed by atoms with Gasteiger partial charge in [0.1, 0.15) is 17.2 Å². The van der Waals surface area contributed by atoms with E-state index < -0.39 is 19.7 Å². The summed E-state index contributed by atoms with van der Waals surface area (Å²) in [4.78, 5) is 0.698. The number of rotatable bonds is 8. The molecule has 0 radical (unpaired) electrons. The minimum Gasteiger partial charge on any atom is -0.508 e. The topological polar surface area (TPSA) is 97.7 Å². The highest BCUT2D eigenvalue weighted by molar-refractivity contribution is 7.91. The Morgan fingerprint density at radius 2 is 0.692 bits per heavy atom. The molecule has 6 aromatic carbocycles. The van der Waals surface area contributed by atoms with E-state index >= 15 is 0 Å². The van der Waals surface area contributed by atoms with Gasteiger partial charge in [0, 0.05) is 0 Å². The van der Waals surface area contributed by atoms with Crippen LogP contribution in [0.1, 0.15) is 47.1 Å². The van der Waals surface area contributed by atoms with Crippen LogP contribution in [-0.2, 0) is 25.1 Å². The third-order valence-electron chi connectivity index (χ3n) is 8.12. The molecule has 6 nitrogen and oxygen atoms in total. The minimum atomic E-state index is -3.79. The van der Waals surface area contributed by atoms with Gasteiger partial charge < -0.3 is 9.84 Å². The van der Waals surface area contributed by atoms with Gasteiger partial charge in [0.2, 0.25) is 19.7 Å². The van der Waals surface area contributed by atoms with E-state index in [0.29, 0.717) is 11.5 Å². The molecule has 0 heterocycles. The van der Waals surface area contributed by atoms with E-state index in [1.165, 1.54) is 12.1 Å². The lowest BCUT2D eigenvalue weighted by molar-refractivity contribution is 0.475. The molecular formula is C44H44O6S2. The summed E-state index contributed by atoms with van der Waals surface area (Å²) in [5.74, 6) is 2.14. The zero-order chi connectivity index (χ0) is 37.7. The van der Waals surface area contributed by atoms with Crippen LogP contribution >= 0.6 is 0 Å². The average Bonchev–Trinajstić information content (AvgIpc) is 3.12. The summed E-state index contributed by atoms with van der Waals surface area (Å²) in [5.41, 5.74) is 4.43. The maximum Gasteiger partial charge on any atom is 0.206 e. The Labute approximate surface area is 308 Å². The molecule has 52 heavy (non-hydrogen) atoms. The molecule has 0 amide bonds. The summed E-state index contributed by atoms with van der Waals surface area (Å²) in [6.07, 6.45) is 0. The van der Waals surface area contributed by atoms with Crippen LogP contribution in [0.2, 0.25) is 0 Å². The predicted molar refractivity (Wildman–Crippen MR) is 208 cm³/mol. The monoisotopic (exact) mass is 732 g/mol. The van der Waals surface area contributed by atoms with Crippen molar-refractivity contribution in [2.45, 2.75) is 66.5 Å². The Balaban J connectivity index is 0.00000124. The van der Waals surface area contributed by atoms with Crippen molar-refractivity contribution in [2.24, 2.45) is 5.92 Å². The molecule has 0 spiro atoms. The van der Waals surface area contributed by atoms with E-state index in [1.54, 1.807) is 84.9 Å². The normalized spacial score (nSPS) is 11.8. The molecule has 0 aliphatic carbocycles. The summed E-state index contributed by atoms with van der Waals surface area (Å²) in [7, 11) is -7.48. The number of phenolic OH excluding ortho intramolecular Hbond substituents is 1. The fraction of sp³-hybridized carbons (Fsp3) is 0.182. The maximum atomic E-state index is 13.4. The summed E-state index contributed by atoms with van der Waals surface area (Å²) in [6, 6.07) is 40.7. The van der Waals surface area contributed by atoms with E-state index in [0.717, 1.165) is 33.7 Å². The van der Waals surface area contributed by atoms with Crippen molar-refractivity contribution < 1.29 is 26.7 Å². The third-order valence-corrected chi connectivity index (χ3v) is 11.7. The van der Waals surface area contributed by atoms with Crippen LogP contribution in [0, 0.1) is 5.92 Å². The largest absolute Gasteiger partial charge is 0.508 e. The first-order valence-corrected chi connectivity index (χ1v) is 20.0. The van der Waals surface area contributed by atoms with Gasteiger partial charge in [0.15, 0.2) is 0 Å². The first kappa shape index (κ1) is 38.1. The zero-order valence-electron chi connectivity index (χ0n) is 30.2. The Kier molecular flexibility index (Phi) is 11.4. The minimum absolute atomic E-state index is 0.0791. The highest BCUT2D eigenvalue weighted by Gasteiger charge is 2.21. The van der Waals surface area contributed by atoms with Crippen LogP contribution in [0.15, 0.2) is 165 Å². The molecule has 0 aliphatic rings. The quantitative estimate of drug-likeness (QED) is 0.167. The summed E-state index contributed by atoms with van der Waals surface area (Å²) < 4.78 is 59.2. The van der Waals surface area contributed by atoms with Crippen molar-refractivity contribution in [1.82, 2.24) is 0 Å². The lowest BCUT2D eigenvalue weighted by atomic mass is 9.87. The second-order valence-corrected chi connectivity index (χ2v) is 18.1. The molecule has 0 unspecified atom stereocenters. The Morgan fingerprint density at radius 1 is 0.442 bits per heavy atom. The fourth-order valence-electron chi connectivity index (χ4n) is 5.25. The summed E-state index contributed by atoms with van der Waals surface area (Å²) in [6.45, 7) is 12.7. The highest BCUT2D eigenvalue weighted by Crippen LogP contribution is 2.31. The standard InChI is InChI=1S/C40H34O6S2.C4H10/c1-40(2,3)32-12-24-38(25-13-32)47(42,43)36-20-8-30(9-21-36)31-10-22-37(23-11-31)48(44,45)39-26-18-35(19-27-39)46-34-16-6-29(7-17-34)28-4-14-33(41)15-5-28;1-4(2)3/h4-27,41H,1-3H3;4H,1-3H3. The molecule has 0 bridgehead atoms. The van der Waals surface area contributed by atoms with Crippen LogP contribution in [0.5, 0.6) is 17.2 Å². The van der Waals surface area contributed by atoms with Crippen LogP contribution in [0.25, 0.3) is 22.3 Å². The molecule has 0 fully saturated rings. The fourth-order valence-corrected chi connectivity index (χ4v) is 7.77. The molecule has 1 N–H and O–H groups in total. The lowest BCUT2D eigenvalue weighted by Gasteiger charge is -2.19. The van der Waals surface area contributed by atoms with Crippen LogP contribution in [0.3, 0.4) is 0 Å². The molecule has 6 rings (SSSR count). The summed E-state index contributed by atoms with van der Waals surface area (Å²) >= 11 is 0. The molecule has 0 aliphatic heterocycles. The second kappa shape index (κ2) is 15.6. The lowest BCUT2D eigenvalue weighted by Crippen LogP contribution is -2.11. The van der Waals surface area contributed by atoms with Crippen molar-refractivity contribution in [2.75, 3.05) is 0 Å². The maximum absolute atomic E-state index is 13.4. The number of hydrogen-bond donors (Lipinski definition) is 1. The van der Waals surface area contributed by atoms with Crippen molar-refractivity contribution >= 4 is 19.7 Å². The molecule has 0 atom stereocenters. The van der Waals surface area contributed by atoms with Gasteiger partial charge >= 0.3 is 0 Å². The molecule has 0 saturated carbocycles. The number of ether oxygens (including phenoxy) is 1. The van der Waals surface area contributed by atoms with Gasteiger partial charge in [0.25, 0.3) is 0 Å². The number of phenols is 1. The van der Waals surface area contributed by atoms with E-state index in [-0.39, 0.29) is 30.7 Å². The number of benzene rings is 6. The molecule has 0 saturated heterocycles. The van der Waals surface area contributed by atoms with Crippen LogP contribution in [-0.4, -0.2) is 21.9 Å². The highest BCUT2D eigenvalue weighted by atomic mass is 32.2. The van der Waals surface area contributed by atoms with Crippen molar-refractivity contribution in [3.63, 3.8) is 0 Å². The second-order valence-electron chi connectivity index (χ2n) is 14.2. The first-order chi connectivity index (χ1) is 24.5. The van der Waals surface area contributed by atoms with Gasteiger partial charge in [-0.1, -0.05) is 102 Å². The van der Waals surface area contributed by atoms with Gasteiger partial charge in [-0.2, -0.15) is 0 Å². The first-order valence-electron chi connectivity index (χ1n) is 17.0. The zero-order valence-corrected chi connectivity index (χ0v) is 31.9. The van der Waals surface area contributed by atoms with Gasteiger partial charge in [-0.05, 0) is 124 Å². The molecule has 8 heteroatoms. The van der Waals surface area contributed by atoms with Crippen molar-refractivity contribution in [1.29, 1.82) is 0 Å². The van der Waals surface area contributed by atoms with Gasteiger partial charge in [-0.3, -0.25) is 0 Å². The summed E-state index contributed by atoms with van der Waals surface area (Å²) in [5, 5.41) is 9.50. The van der Waals surface area contributed by atoms with Crippen LogP contribution < -0.4 is 4.74 Å². The van der Waals surface area contributed by atoms with Crippen LogP contribution in [0.4, 0.5) is 0 Å². The number of aromatic hydroxyl groups is 1. The average molecular weight is 733 g/mol. The Hall–Kier alpha value is -5.18. The third kappa shape index (κ3) is 9.18. The van der Waals surface area contributed by atoms with Gasteiger partial charge in [0.05, 0.1) is 19.6 Å². The number of hydrogen-bond acceptors (Lipinski definition) is 6. The molecule has 0 aromatic heterocycles. The van der Waals surface area contributed by atoms with Crippen molar-refractivity contribution in [3.8, 4) is 39.5 Å².